The van der Waals surface area contributed by atoms with Crippen LogP contribution >= 0.6 is 0 Å². The van der Waals surface area contributed by atoms with Crippen molar-refractivity contribution in [1.29, 1.82) is 0 Å². The number of aryl methyl sites for hydroxylation is 2. The second-order valence-corrected chi connectivity index (χ2v) is 4.53. The first-order valence-corrected chi connectivity index (χ1v) is 5.78. The fourth-order valence-corrected chi connectivity index (χ4v) is 1.91. The second kappa shape index (κ2) is 5.67. The molecule has 1 atom stereocenters. The molecule has 0 saturated heterocycles. The number of benzene rings is 1. The SMILES string of the molecule is COc1cc(C)cc(C)c1C(=O)CC(C)C(=O)O. The third kappa shape index (κ3) is 3.09. The van der Waals surface area contributed by atoms with Crippen molar-refractivity contribution >= 4 is 11.8 Å². The molecule has 0 aliphatic heterocycles. The van der Waals surface area contributed by atoms with Crippen molar-refractivity contribution in [3.8, 4) is 5.75 Å². The molecule has 0 heterocycles. The van der Waals surface area contributed by atoms with Crippen LogP contribution < -0.4 is 4.74 Å². The highest BCUT2D eigenvalue weighted by atomic mass is 16.5. The highest BCUT2D eigenvalue weighted by molar-refractivity contribution is 6.01. The predicted octanol–water partition coefficient (Wildman–Crippen LogP) is 2.61. The van der Waals surface area contributed by atoms with Gasteiger partial charge in [-0.15, -0.1) is 0 Å². The number of ketones is 1. The zero-order chi connectivity index (χ0) is 13.9. The van der Waals surface area contributed by atoms with Gasteiger partial charge in [0.1, 0.15) is 5.75 Å². The summed E-state index contributed by atoms with van der Waals surface area (Å²) in [6, 6.07) is 3.67. The summed E-state index contributed by atoms with van der Waals surface area (Å²) in [4.78, 5) is 22.9. The number of carboxylic acids is 1. The van der Waals surface area contributed by atoms with Crippen molar-refractivity contribution < 1.29 is 19.4 Å². The Morgan fingerprint density at radius 2 is 1.94 bits per heavy atom. The summed E-state index contributed by atoms with van der Waals surface area (Å²) in [5, 5.41) is 8.83. The van der Waals surface area contributed by atoms with E-state index < -0.39 is 11.9 Å². The number of carboxylic acid groups (broad SMARTS) is 1. The van der Waals surface area contributed by atoms with Crippen LogP contribution in [0.4, 0.5) is 0 Å². The number of hydrogen-bond acceptors (Lipinski definition) is 3. The Bertz CT molecular complexity index is 477. The molecular weight excluding hydrogens is 232 g/mol. The molecule has 0 aromatic heterocycles. The normalized spacial score (nSPS) is 12.0. The lowest BCUT2D eigenvalue weighted by molar-refractivity contribution is -0.141. The maximum Gasteiger partial charge on any atom is 0.306 e. The summed E-state index contributed by atoms with van der Waals surface area (Å²) in [6.07, 6.45) is -0.0183. The number of aliphatic carboxylic acids is 1. The van der Waals surface area contributed by atoms with Crippen LogP contribution in [0.2, 0.25) is 0 Å². The molecule has 0 radical (unpaired) electrons. The van der Waals surface area contributed by atoms with E-state index in [1.165, 1.54) is 14.0 Å². The molecule has 4 nitrogen and oxygen atoms in total. The molecule has 0 amide bonds. The van der Waals surface area contributed by atoms with Crippen molar-refractivity contribution in [2.24, 2.45) is 5.92 Å². The van der Waals surface area contributed by atoms with Gasteiger partial charge in [0.05, 0.1) is 18.6 Å². The van der Waals surface area contributed by atoms with Gasteiger partial charge in [0.25, 0.3) is 0 Å². The fourth-order valence-electron chi connectivity index (χ4n) is 1.91. The molecule has 0 aliphatic carbocycles. The number of carbonyl (C=O) groups is 2. The van der Waals surface area contributed by atoms with Gasteiger partial charge in [-0.25, -0.2) is 0 Å². The number of hydrogen-bond donors (Lipinski definition) is 1. The lowest BCUT2D eigenvalue weighted by Gasteiger charge is -2.13. The van der Waals surface area contributed by atoms with Gasteiger partial charge < -0.3 is 9.84 Å². The van der Waals surface area contributed by atoms with Crippen molar-refractivity contribution in [3.05, 3.63) is 28.8 Å². The Morgan fingerprint density at radius 3 is 2.44 bits per heavy atom. The molecule has 4 heteroatoms. The molecule has 1 N–H and O–H groups in total. The molecular formula is C14H18O4. The molecule has 18 heavy (non-hydrogen) atoms. The van der Waals surface area contributed by atoms with Gasteiger partial charge in [-0.2, -0.15) is 0 Å². The summed E-state index contributed by atoms with van der Waals surface area (Å²) in [7, 11) is 1.51. The Labute approximate surface area is 107 Å². The second-order valence-electron chi connectivity index (χ2n) is 4.53. The molecule has 1 unspecified atom stereocenters. The first kappa shape index (κ1) is 14.2. The molecule has 0 fully saturated rings. The van der Waals surface area contributed by atoms with Crippen LogP contribution in [-0.2, 0) is 4.79 Å². The van der Waals surface area contributed by atoms with Gasteiger partial charge in [0, 0.05) is 6.42 Å². The Hall–Kier alpha value is -1.84. The van der Waals surface area contributed by atoms with Crippen LogP contribution in [0.1, 0.15) is 34.8 Å². The molecule has 1 rings (SSSR count). The molecule has 0 bridgehead atoms. The van der Waals surface area contributed by atoms with Gasteiger partial charge >= 0.3 is 5.97 Å². The third-order valence-corrected chi connectivity index (χ3v) is 2.86. The average molecular weight is 250 g/mol. The van der Waals surface area contributed by atoms with Crippen LogP contribution in [0.5, 0.6) is 5.75 Å². The first-order valence-electron chi connectivity index (χ1n) is 5.78. The Balaban J connectivity index is 3.09. The fraction of sp³-hybridized carbons (Fsp3) is 0.429. The standard InChI is InChI=1S/C14H18O4/c1-8-5-9(2)13(12(6-8)18-4)11(15)7-10(3)14(16)17/h5-6,10H,7H2,1-4H3,(H,16,17). The van der Waals surface area contributed by atoms with Gasteiger partial charge in [0.15, 0.2) is 5.78 Å². The van der Waals surface area contributed by atoms with Crippen molar-refractivity contribution in [2.45, 2.75) is 27.2 Å². The van der Waals surface area contributed by atoms with E-state index in [4.69, 9.17) is 9.84 Å². The summed E-state index contributed by atoms with van der Waals surface area (Å²) in [6.45, 7) is 5.27. The van der Waals surface area contributed by atoms with Crippen molar-refractivity contribution in [1.82, 2.24) is 0 Å². The smallest absolute Gasteiger partial charge is 0.306 e. The van der Waals surface area contributed by atoms with E-state index in [1.54, 1.807) is 6.07 Å². The lowest BCUT2D eigenvalue weighted by Crippen LogP contribution is -2.16. The van der Waals surface area contributed by atoms with Crippen molar-refractivity contribution in [3.63, 3.8) is 0 Å². The highest BCUT2D eigenvalue weighted by Crippen LogP contribution is 2.26. The molecule has 98 valence electrons. The van der Waals surface area contributed by atoms with E-state index in [0.29, 0.717) is 11.3 Å². The van der Waals surface area contributed by atoms with E-state index in [1.807, 2.05) is 19.9 Å². The third-order valence-electron chi connectivity index (χ3n) is 2.86. The van der Waals surface area contributed by atoms with Gasteiger partial charge in [-0.05, 0) is 31.0 Å². The number of ether oxygens (including phenoxy) is 1. The average Bonchev–Trinajstić information content (AvgIpc) is 2.27. The number of Topliss-reactive ketones (excluding diaryl/α,β-unsaturated/α-hetero) is 1. The number of carbonyl (C=O) groups excluding carboxylic acids is 1. The minimum absolute atomic E-state index is 0.0183. The maximum atomic E-state index is 12.1. The molecule has 0 spiro atoms. The maximum absolute atomic E-state index is 12.1. The van der Waals surface area contributed by atoms with Gasteiger partial charge in [-0.1, -0.05) is 13.0 Å². The van der Waals surface area contributed by atoms with E-state index in [-0.39, 0.29) is 12.2 Å². The van der Waals surface area contributed by atoms with Gasteiger partial charge in [-0.3, -0.25) is 9.59 Å². The summed E-state index contributed by atoms with van der Waals surface area (Å²) < 4.78 is 5.20. The largest absolute Gasteiger partial charge is 0.496 e. The number of rotatable bonds is 5. The first-order chi connectivity index (χ1) is 8.36. The van der Waals surface area contributed by atoms with E-state index in [2.05, 4.69) is 0 Å². The van der Waals surface area contributed by atoms with Crippen LogP contribution in [0.25, 0.3) is 0 Å². The molecule has 1 aromatic rings. The summed E-state index contributed by atoms with van der Waals surface area (Å²) in [5.74, 6) is -1.34. The summed E-state index contributed by atoms with van der Waals surface area (Å²) in [5.41, 5.74) is 2.30. The van der Waals surface area contributed by atoms with Crippen LogP contribution in [-0.4, -0.2) is 24.0 Å². The van der Waals surface area contributed by atoms with Crippen LogP contribution in [0.3, 0.4) is 0 Å². The predicted molar refractivity (Wildman–Crippen MR) is 68.2 cm³/mol. The topological polar surface area (TPSA) is 63.6 Å². The lowest BCUT2D eigenvalue weighted by atomic mass is 9.95. The van der Waals surface area contributed by atoms with E-state index in [9.17, 15) is 9.59 Å². The zero-order valence-corrected chi connectivity index (χ0v) is 11.1. The van der Waals surface area contributed by atoms with Crippen LogP contribution in [0.15, 0.2) is 12.1 Å². The van der Waals surface area contributed by atoms with E-state index in [0.717, 1.165) is 11.1 Å². The highest BCUT2D eigenvalue weighted by Gasteiger charge is 2.21. The zero-order valence-electron chi connectivity index (χ0n) is 11.1. The quantitative estimate of drug-likeness (QED) is 0.816. The minimum atomic E-state index is -0.966. The van der Waals surface area contributed by atoms with Crippen LogP contribution in [0, 0.1) is 19.8 Å². The summed E-state index contributed by atoms with van der Waals surface area (Å²) >= 11 is 0. The van der Waals surface area contributed by atoms with E-state index >= 15 is 0 Å². The van der Waals surface area contributed by atoms with Gasteiger partial charge in [0.2, 0.25) is 0 Å². The number of methoxy groups -OCH3 is 1. The van der Waals surface area contributed by atoms with Crippen molar-refractivity contribution in [2.75, 3.05) is 7.11 Å². The monoisotopic (exact) mass is 250 g/mol. The molecule has 1 aromatic carbocycles. The molecule has 0 aliphatic rings. The minimum Gasteiger partial charge on any atom is -0.496 e. The molecule has 0 saturated carbocycles. The Morgan fingerprint density at radius 1 is 1.33 bits per heavy atom. The Kier molecular flexibility index (Phi) is 4.48.